The van der Waals surface area contributed by atoms with Crippen LogP contribution in [0.5, 0.6) is 0 Å². The van der Waals surface area contributed by atoms with Gasteiger partial charge >= 0.3 is 13.8 Å². The van der Waals surface area contributed by atoms with Crippen LogP contribution in [-0.4, -0.2) is 75.6 Å². The minimum atomic E-state index is -4.30. The molecule has 0 aliphatic carbocycles. The van der Waals surface area contributed by atoms with Crippen molar-refractivity contribution in [3.05, 3.63) is 97.2 Å². The van der Waals surface area contributed by atoms with E-state index in [1.165, 1.54) is 89.9 Å². The molecule has 0 aliphatic heterocycles. The fourth-order valence-corrected chi connectivity index (χ4v) is 7.39. The lowest BCUT2D eigenvalue weighted by Crippen LogP contribution is -2.37. The van der Waals surface area contributed by atoms with Gasteiger partial charge in [0, 0.05) is 13.0 Å². The third-order valence-corrected chi connectivity index (χ3v) is 11.6. The molecular formula is C56H99NO7P+. The average Bonchev–Trinajstić information content (AvgIpc) is 3.27. The summed E-state index contributed by atoms with van der Waals surface area (Å²) in [5.41, 5.74) is 0. The van der Waals surface area contributed by atoms with E-state index in [0.717, 1.165) is 83.5 Å². The monoisotopic (exact) mass is 929 g/mol. The van der Waals surface area contributed by atoms with E-state index in [0.29, 0.717) is 17.6 Å². The second-order valence-electron chi connectivity index (χ2n) is 18.2. The van der Waals surface area contributed by atoms with Gasteiger partial charge in [-0.25, -0.2) is 4.57 Å². The Morgan fingerprint density at radius 3 is 1.35 bits per heavy atom. The lowest BCUT2D eigenvalue weighted by Gasteiger charge is -2.24. The number of carbonyl (C=O) groups excluding carboxylic acids is 1. The first-order valence-corrected chi connectivity index (χ1v) is 27.5. The predicted molar refractivity (Wildman–Crippen MR) is 279 cm³/mol. The summed E-state index contributed by atoms with van der Waals surface area (Å²) < 4.78 is 35.1. The second kappa shape index (κ2) is 47.9. The number of ether oxygens (including phenoxy) is 2. The maximum Gasteiger partial charge on any atom is 0.472 e. The summed E-state index contributed by atoms with van der Waals surface area (Å²) in [6.07, 6.45) is 66.0. The molecule has 0 radical (unpaired) electrons. The van der Waals surface area contributed by atoms with Gasteiger partial charge in [0.2, 0.25) is 0 Å². The van der Waals surface area contributed by atoms with E-state index in [9.17, 15) is 14.3 Å². The van der Waals surface area contributed by atoms with E-state index in [4.69, 9.17) is 18.5 Å². The third kappa shape index (κ3) is 52.3. The molecule has 0 rings (SSSR count). The molecule has 0 bridgehead atoms. The van der Waals surface area contributed by atoms with Gasteiger partial charge in [0.1, 0.15) is 19.3 Å². The lowest BCUT2D eigenvalue weighted by atomic mass is 10.1. The van der Waals surface area contributed by atoms with Crippen molar-refractivity contribution >= 4 is 13.8 Å². The number of allylic oxidation sites excluding steroid dienone is 16. The van der Waals surface area contributed by atoms with E-state index >= 15 is 0 Å². The molecule has 374 valence electrons. The Kier molecular flexibility index (Phi) is 46.0. The van der Waals surface area contributed by atoms with Crippen LogP contribution in [0.3, 0.4) is 0 Å². The number of hydrogen-bond donors (Lipinski definition) is 1. The Balaban J connectivity index is 4.26. The number of esters is 1. The molecule has 0 aromatic rings. The smallest absolute Gasteiger partial charge is 0.457 e. The third-order valence-electron chi connectivity index (χ3n) is 10.6. The van der Waals surface area contributed by atoms with Crippen molar-refractivity contribution in [2.24, 2.45) is 0 Å². The quantitative estimate of drug-likeness (QED) is 0.0214. The summed E-state index contributed by atoms with van der Waals surface area (Å²) >= 11 is 0. The van der Waals surface area contributed by atoms with Crippen molar-refractivity contribution < 1.29 is 37.3 Å². The van der Waals surface area contributed by atoms with Crippen molar-refractivity contribution in [2.75, 3.05) is 54.1 Å². The SMILES string of the molecule is CC/C=C\C/C=C\C/C=C\C/C=C\C/C=C\C/C=C\C/C=C\CCCCCC(=O)OC(COCCCCCCCCCC/C=C\CCCCCCCC)COP(=O)(O)OCC[N+](C)(C)C. The van der Waals surface area contributed by atoms with Gasteiger partial charge < -0.3 is 18.9 Å². The minimum Gasteiger partial charge on any atom is -0.457 e. The molecule has 0 amide bonds. The highest BCUT2D eigenvalue weighted by Crippen LogP contribution is 2.43. The van der Waals surface area contributed by atoms with E-state index in [2.05, 4.69) is 111 Å². The Labute approximate surface area is 400 Å². The van der Waals surface area contributed by atoms with E-state index in [-0.39, 0.29) is 32.2 Å². The summed E-state index contributed by atoms with van der Waals surface area (Å²) in [6, 6.07) is 0. The first kappa shape index (κ1) is 62.4. The zero-order valence-corrected chi connectivity index (χ0v) is 43.3. The molecule has 0 saturated carbocycles. The summed E-state index contributed by atoms with van der Waals surface area (Å²) in [5.74, 6) is -0.349. The fourth-order valence-electron chi connectivity index (χ4n) is 6.64. The number of phosphoric acid groups is 1. The molecule has 0 fully saturated rings. The van der Waals surface area contributed by atoms with Crippen LogP contribution >= 0.6 is 7.82 Å². The Hall–Kier alpha value is -2.58. The van der Waals surface area contributed by atoms with E-state index in [1.807, 2.05) is 21.1 Å². The topological polar surface area (TPSA) is 91.3 Å². The largest absolute Gasteiger partial charge is 0.472 e. The molecule has 0 heterocycles. The zero-order chi connectivity index (χ0) is 47.6. The highest BCUT2D eigenvalue weighted by molar-refractivity contribution is 7.47. The number of phosphoric ester groups is 1. The Morgan fingerprint density at radius 1 is 0.492 bits per heavy atom. The van der Waals surface area contributed by atoms with Crippen molar-refractivity contribution in [3.8, 4) is 0 Å². The maximum absolute atomic E-state index is 12.8. The summed E-state index contributed by atoms with van der Waals surface area (Å²) in [6.45, 7) is 5.44. The van der Waals surface area contributed by atoms with E-state index in [1.54, 1.807) is 0 Å². The maximum atomic E-state index is 12.8. The first-order chi connectivity index (χ1) is 31.6. The Bertz CT molecular complexity index is 1360. The van der Waals surface area contributed by atoms with Crippen LogP contribution in [0.2, 0.25) is 0 Å². The number of hydrogen-bond acceptors (Lipinski definition) is 6. The molecular weight excluding hydrogens is 830 g/mol. The minimum absolute atomic E-state index is 0.0760. The highest BCUT2D eigenvalue weighted by atomic mass is 31.2. The molecule has 0 aromatic heterocycles. The number of likely N-dealkylation sites (N-methyl/N-ethyl adjacent to an activating group) is 1. The summed E-state index contributed by atoms with van der Waals surface area (Å²) in [5, 5.41) is 0. The normalized spacial score (nSPS) is 14.4. The van der Waals surface area contributed by atoms with Gasteiger partial charge in [0.25, 0.3) is 0 Å². The lowest BCUT2D eigenvalue weighted by molar-refractivity contribution is -0.870. The molecule has 8 nitrogen and oxygen atoms in total. The first-order valence-electron chi connectivity index (χ1n) is 26.0. The van der Waals surface area contributed by atoms with Gasteiger partial charge in [0.05, 0.1) is 34.4 Å². The highest BCUT2D eigenvalue weighted by Gasteiger charge is 2.26. The van der Waals surface area contributed by atoms with Gasteiger partial charge in [-0.1, -0.05) is 188 Å². The molecule has 0 aliphatic rings. The zero-order valence-electron chi connectivity index (χ0n) is 42.4. The van der Waals surface area contributed by atoms with Crippen LogP contribution in [-0.2, 0) is 27.9 Å². The van der Waals surface area contributed by atoms with Gasteiger partial charge in [-0.15, -0.1) is 0 Å². The fraction of sp³-hybridized carbons (Fsp3) is 0.696. The predicted octanol–water partition coefficient (Wildman–Crippen LogP) is 16.2. The van der Waals surface area contributed by atoms with Crippen LogP contribution in [0.1, 0.15) is 194 Å². The molecule has 0 spiro atoms. The van der Waals surface area contributed by atoms with Crippen LogP contribution in [0.25, 0.3) is 0 Å². The van der Waals surface area contributed by atoms with Crippen LogP contribution in [0.15, 0.2) is 97.2 Å². The van der Waals surface area contributed by atoms with Gasteiger partial charge in [0.15, 0.2) is 0 Å². The van der Waals surface area contributed by atoms with Gasteiger partial charge in [-0.3, -0.25) is 13.8 Å². The number of rotatable bonds is 47. The molecule has 0 saturated heterocycles. The van der Waals surface area contributed by atoms with Crippen LogP contribution < -0.4 is 0 Å². The van der Waals surface area contributed by atoms with Crippen molar-refractivity contribution in [3.63, 3.8) is 0 Å². The number of quaternary nitrogens is 1. The molecule has 0 aromatic carbocycles. The van der Waals surface area contributed by atoms with Crippen molar-refractivity contribution in [2.45, 2.75) is 200 Å². The van der Waals surface area contributed by atoms with Gasteiger partial charge in [-0.05, 0) is 96.3 Å². The molecule has 9 heteroatoms. The standard InChI is InChI=1S/C56H98NO7P/c1-6-8-10-12-14-16-18-20-22-24-26-27-28-29-30-31-32-33-35-37-39-41-43-45-47-49-56(58)64-55(54-63-65(59,60)62-52-50-57(3,4)5)53-61-51-48-46-44-42-40-38-36-34-25-23-21-19-17-15-13-11-9-7-2/h8,10,14,16,20-23,26-27,29-30,32-33,37,39,55H,6-7,9,11-13,15,17-19,24-25,28,31,34-36,38,40-54H2,1-5H3/p+1/b10-8-,16-14-,22-20-,23-21-,27-26-,30-29-,33-32-,39-37-. The number of unbranched alkanes of at least 4 members (excludes halogenated alkanes) is 17. The molecule has 2 atom stereocenters. The summed E-state index contributed by atoms with van der Waals surface area (Å²) in [4.78, 5) is 23.0. The van der Waals surface area contributed by atoms with Gasteiger partial charge in [-0.2, -0.15) is 0 Å². The van der Waals surface area contributed by atoms with Crippen molar-refractivity contribution in [1.82, 2.24) is 0 Å². The van der Waals surface area contributed by atoms with Crippen molar-refractivity contribution in [1.29, 1.82) is 0 Å². The van der Waals surface area contributed by atoms with Crippen LogP contribution in [0.4, 0.5) is 0 Å². The second-order valence-corrected chi connectivity index (χ2v) is 19.6. The summed E-state index contributed by atoms with van der Waals surface area (Å²) in [7, 11) is 1.63. The molecule has 65 heavy (non-hydrogen) atoms. The average molecular weight is 929 g/mol. The number of nitrogens with zero attached hydrogens (tertiary/aromatic N) is 1. The molecule has 1 N–H and O–H groups in total. The molecule has 2 unspecified atom stereocenters. The number of carbonyl (C=O) groups is 1. The Morgan fingerprint density at radius 2 is 0.892 bits per heavy atom. The van der Waals surface area contributed by atoms with E-state index < -0.39 is 13.9 Å². The van der Waals surface area contributed by atoms with Crippen LogP contribution in [0, 0.1) is 0 Å².